The Morgan fingerprint density at radius 1 is 1.29 bits per heavy atom. The molecule has 21 heavy (non-hydrogen) atoms. The highest BCUT2D eigenvalue weighted by molar-refractivity contribution is 5.78. The molecule has 120 valence electrons. The number of hydrogen-bond acceptors (Lipinski definition) is 5. The number of nitrogens with zero attached hydrogens (tertiary/aromatic N) is 3. The van der Waals surface area contributed by atoms with Crippen molar-refractivity contribution in [2.24, 2.45) is 5.41 Å². The van der Waals surface area contributed by atoms with E-state index in [-0.39, 0.29) is 17.4 Å². The fraction of sp³-hybridized carbons (Fsp3) is 0.867. The molecule has 0 spiro atoms. The third-order valence-corrected chi connectivity index (χ3v) is 3.82. The minimum Gasteiger partial charge on any atom is -0.391 e. The maximum Gasteiger partial charge on any atom is 0.234 e. The highest BCUT2D eigenvalue weighted by Gasteiger charge is 2.26. The summed E-state index contributed by atoms with van der Waals surface area (Å²) in [5, 5.41) is 21.3. The molecule has 1 aliphatic rings. The first kappa shape index (κ1) is 17.9. The molecule has 0 unspecified atom stereocenters. The van der Waals surface area contributed by atoms with E-state index in [1.165, 1.54) is 0 Å². The third-order valence-electron chi connectivity index (χ3n) is 3.82. The Labute approximate surface area is 127 Å². The lowest BCUT2D eigenvalue weighted by atomic mass is 9.89. The van der Waals surface area contributed by atoms with Gasteiger partial charge < -0.3 is 10.4 Å². The van der Waals surface area contributed by atoms with Crippen LogP contribution in [0.5, 0.6) is 0 Å². The lowest BCUT2D eigenvalue weighted by Gasteiger charge is -2.37. The van der Waals surface area contributed by atoms with E-state index in [2.05, 4.69) is 15.1 Å². The van der Waals surface area contributed by atoms with E-state index in [4.69, 9.17) is 5.26 Å². The van der Waals surface area contributed by atoms with Crippen molar-refractivity contribution < 1.29 is 9.90 Å². The molecule has 0 saturated carbocycles. The minimum absolute atomic E-state index is 0.0200. The van der Waals surface area contributed by atoms with E-state index >= 15 is 0 Å². The van der Waals surface area contributed by atoms with Gasteiger partial charge in [0.05, 0.1) is 25.1 Å². The van der Waals surface area contributed by atoms with Crippen molar-refractivity contribution >= 4 is 5.91 Å². The van der Waals surface area contributed by atoms with E-state index < -0.39 is 0 Å². The standard InChI is InChI=1S/C15H28N4O2/c1-15(2,3)13(20)11-18-7-9-19(10-8-18)12-14(21)17-6-4-5-16/h13,20H,4,6-12H2,1-3H3,(H,17,21)/t13-/m1/s1. The second-order valence-electron chi connectivity index (χ2n) is 6.72. The minimum atomic E-state index is -0.335. The Balaban J connectivity index is 2.23. The smallest absolute Gasteiger partial charge is 0.234 e. The first-order valence-electron chi connectivity index (χ1n) is 7.59. The van der Waals surface area contributed by atoms with Crippen molar-refractivity contribution in [2.45, 2.75) is 33.3 Å². The van der Waals surface area contributed by atoms with E-state index in [0.29, 0.717) is 26.1 Å². The molecule has 1 saturated heterocycles. The molecular weight excluding hydrogens is 268 g/mol. The maximum atomic E-state index is 11.7. The lowest BCUT2D eigenvalue weighted by Crippen LogP contribution is -2.52. The van der Waals surface area contributed by atoms with Crippen molar-refractivity contribution in [2.75, 3.05) is 45.8 Å². The number of amides is 1. The maximum absolute atomic E-state index is 11.7. The van der Waals surface area contributed by atoms with Gasteiger partial charge in [0.15, 0.2) is 0 Å². The van der Waals surface area contributed by atoms with E-state index in [1.54, 1.807) is 0 Å². The van der Waals surface area contributed by atoms with Crippen LogP contribution < -0.4 is 5.32 Å². The Morgan fingerprint density at radius 2 is 1.86 bits per heavy atom. The number of aliphatic hydroxyl groups excluding tert-OH is 1. The highest BCUT2D eigenvalue weighted by Crippen LogP contribution is 2.20. The molecule has 0 aromatic rings. The average Bonchev–Trinajstić information content (AvgIpc) is 2.40. The van der Waals surface area contributed by atoms with Gasteiger partial charge in [-0.15, -0.1) is 0 Å². The predicted octanol–water partition coefficient (Wildman–Crippen LogP) is 0.0409. The van der Waals surface area contributed by atoms with Crippen molar-refractivity contribution in [3.05, 3.63) is 0 Å². The summed E-state index contributed by atoms with van der Waals surface area (Å²) < 4.78 is 0. The summed E-state index contributed by atoms with van der Waals surface area (Å²) in [6.45, 7) is 11.0. The van der Waals surface area contributed by atoms with Gasteiger partial charge in [-0.2, -0.15) is 5.26 Å². The van der Waals surface area contributed by atoms with Crippen molar-refractivity contribution in [1.82, 2.24) is 15.1 Å². The molecule has 6 nitrogen and oxygen atoms in total. The number of β-amino-alcohol motifs (C(OH)–C–C–N with tert-alkyl or cyclic N) is 1. The molecule has 1 heterocycles. The topological polar surface area (TPSA) is 79.6 Å². The summed E-state index contributed by atoms with van der Waals surface area (Å²) in [5.74, 6) is -0.0200. The number of piperazine rings is 1. The summed E-state index contributed by atoms with van der Waals surface area (Å²) in [5.41, 5.74) is -0.0994. The fourth-order valence-electron chi connectivity index (χ4n) is 2.17. The van der Waals surface area contributed by atoms with Crippen molar-refractivity contribution in [3.8, 4) is 6.07 Å². The normalized spacial score (nSPS) is 19.0. The zero-order chi connectivity index (χ0) is 15.9. The third kappa shape index (κ3) is 6.89. The molecule has 2 N–H and O–H groups in total. The Morgan fingerprint density at radius 3 is 2.38 bits per heavy atom. The number of hydrogen-bond donors (Lipinski definition) is 2. The van der Waals surface area contributed by atoms with Crippen molar-refractivity contribution in [3.63, 3.8) is 0 Å². The molecule has 1 rings (SSSR count). The predicted molar refractivity (Wildman–Crippen MR) is 81.6 cm³/mol. The van der Waals surface area contributed by atoms with Gasteiger partial charge in [0.1, 0.15) is 0 Å². The van der Waals surface area contributed by atoms with Gasteiger partial charge in [-0.1, -0.05) is 20.8 Å². The van der Waals surface area contributed by atoms with Crippen molar-refractivity contribution in [1.29, 1.82) is 5.26 Å². The second kappa shape index (κ2) is 8.32. The summed E-state index contributed by atoms with van der Waals surface area (Å²) >= 11 is 0. The molecule has 0 radical (unpaired) electrons. The van der Waals surface area contributed by atoms with Crippen LogP contribution in [0.3, 0.4) is 0 Å². The average molecular weight is 296 g/mol. The van der Waals surface area contributed by atoms with Gasteiger partial charge in [-0.3, -0.25) is 14.6 Å². The quantitative estimate of drug-likeness (QED) is 0.677. The van der Waals surface area contributed by atoms with Crippen LogP contribution in [0.4, 0.5) is 0 Å². The number of aliphatic hydroxyl groups is 1. The van der Waals surface area contributed by atoms with Crippen LogP contribution in [-0.4, -0.2) is 72.7 Å². The van der Waals surface area contributed by atoms with Gasteiger partial charge in [0.25, 0.3) is 0 Å². The first-order valence-corrected chi connectivity index (χ1v) is 7.59. The highest BCUT2D eigenvalue weighted by atomic mass is 16.3. The molecule has 1 aliphatic heterocycles. The van der Waals surface area contributed by atoms with Crippen LogP contribution in [0.2, 0.25) is 0 Å². The largest absolute Gasteiger partial charge is 0.391 e. The van der Waals surface area contributed by atoms with Crippen LogP contribution in [-0.2, 0) is 4.79 Å². The molecule has 1 atom stereocenters. The molecule has 1 amide bonds. The summed E-state index contributed by atoms with van der Waals surface area (Å²) in [6.07, 6.45) is 0.0165. The van der Waals surface area contributed by atoms with Crippen LogP contribution in [0, 0.1) is 16.7 Å². The molecule has 0 aromatic carbocycles. The fourth-order valence-corrected chi connectivity index (χ4v) is 2.17. The van der Waals surface area contributed by atoms with E-state index in [9.17, 15) is 9.90 Å². The molecule has 0 aliphatic carbocycles. The SMILES string of the molecule is CC(C)(C)[C@H](O)CN1CCN(CC(=O)NCCC#N)CC1. The van der Waals surface area contributed by atoms with Gasteiger partial charge >= 0.3 is 0 Å². The zero-order valence-corrected chi connectivity index (χ0v) is 13.4. The van der Waals surface area contributed by atoms with Crippen LogP contribution in [0.1, 0.15) is 27.2 Å². The number of carbonyl (C=O) groups is 1. The lowest BCUT2D eigenvalue weighted by molar-refractivity contribution is -0.122. The second-order valence-corrected chi connectivity index (χ2v) is 6.72. The Hall–Kier alpha value is -1.16. The summed E-state index contributed by atoms with van der Waals surface area (Å²) in [4.78, 5) is 16.0. The van der Waals surface area contributed by atoms with Crippen LogP contribution in [0.15, 0.2) is 0 Å². The monoisotopic (exact) mass is 296 g/mol. The van der Waals surface area contributed by atoms with Gasteiger partial charge in [-0.05, 0) is 5.41 Å². The molecule has 0 bridgehead atoms. The summed E-state index contributed by atoms with van der Waals surface area (Å²) in [7, 11) is 0. The number of rotatable bonds is 6. The Bertz CT molecular complexity index is 365. The van der Waals surface area contributed by atoms with E-state index in [1.807, 2.05) is 26.8 Å². The molecule has 6 heteroatoms. The number of carbonyl (C=O) groups excluding carboxylic acids is 1. The van der Waals surface area contributed by atoms with Gasteiger partial charge in [-0.25, -0.2) is 0 Å². The van der Waals surface area contributed by atoms with Crippen LogP contribution in [0.25, 0.3) is 0 Å². The Kier molecular flexibility index (Phi) is 7.09. The molecule has 1 fully saturated rings. The van der Waals surface area contributed by atoms with E-state index in [0.717, 1.165) is 26.2 Å². The number of nitrogens with one attached hydrogen (secondary N) is 1. The van der Waals surface area contributed by atoms with Gasteiger partial charge in [0.2, 0.25) is 5.91 Å². The zero-order valence-electron chi connectivity index (χ0n) is 13.4. The van der Waals surface area contributed by atoms with Crippen LogP contribution >= 0.6 is 0 Å². The number of nitriles is 1. The first-order chi connectivity index (χ1) is 9.82. The summed E-state index contributed by atoms with van der Waals surface area (Å²) in [6, 6.07) is 2.00. The molecule has 0 aromatic heterocycles. The molecular formula is C15H28N4O2. The van der Waals surface area contributed by atoms with Gasteiger partial charge in [0, 0.05) is 39.3 Å².